The van der Waals surface area contributed by atoms with Gasteiger partial charge in [0.15, 0.2) is 0 Å². The van der Waals surface area contributed by atoms with E-state index in [2.05, 4.69) is 10.6 Å². The highest BCUT2D eigenvalue weighted by atomic mass is 19.1. The molecule has 0 radical (unpaired) electrons. The van der Waals surface area contributed by atoms with Crippen molar-refractivity contribution < 1.29 is 19.1 Å². The zero-order valence-corrected chi connectivity index (χ0v) is 11.6. The summed E-state index contributed by atoms with van der Waals surface area (Å²) >= 11 is 0. The summed E-state index contributed by atoms with van der Waals surface area (Å²) in [6.45, 7) is 3.89. The van der Waals surface area contributed by atoms with Gasteiger partial charge in [0.25, 0.3) is 0 Å². The Labute approximate surface area is 117 Å². The summed E-state index contributed by atoms with van der Waals surface area (Å²) in [4.78, 5) is 22.3. The molecule has 2 amide bonds. The SMILES string of the molecule is CCC(CNC(=O)Nc1cc(C)ccc1F)CC(=O)O. The summed E-state index contributed by atoms with van der Waals surface area (Å²) in [5.41, 5.74) is 0.938. The topological polar surface area (TPSA) is 78.4 Å². The highest BCUT2D eigenvalue weighted by molar-refractivity contribution is 5.89. The van der Waals surface area contributed by atoms with Crippen molar-refractivity contribution in [1.82, 2.24) is 5.32 Å². The monoisotopic (exact) mass is 282 g/mol. The molecule has 0 aliphatic heterocycles. The lowest BCUT2D eigenvalue weighted by Crippen LogP contribution is -2.33. The Bertz CT molecular complexity index is 491. The summed E-state index contributed by atoms with van der Waals surface area (Å²) in [6, 6.07) is 3.88. The summed E-state index contributed by atoms with van der Waals surface area (Å²) in [6.07, 6.45) is 0.640. The number of carbonyl (C=O) groups is 2. The van der Waals surface area contributed by atoms with Crippen LogP contribution in [0, 0.1) is 18.7 Å². The van der Waals surface area contributed by atoms with Crippen LogP contribution in [0.4, 0.5) is 14.9 Å². The second kappa shape index (κ2) is 7.47. The number of rotatable bonds is 6. The van der Waals surface area contributed by atoms with Gasteiger partial charge in [0.2, 0.25) is 0 Å². The lowest BCUT2D eigenvalue weighted by molar-refractivity contribution is -0.138. The van der Waals surface area contributed by atoms with Crippen molar-refractivity contribution in [2.24, 2.45) is 5.92 Å². The van der Waals surface area contributed by atoms with E-state index in [1.54, 1.807) is 13.0 Å². The number of urea groups is 1. The molecule has 1 aromatic rings. The number of carboxylic acids is 1. The fraction of sp³-hybridized carbons (Fsp3) is 0.429. The first-order chi connectivity index (χ1) is 9.42. The van der Waals surface area contributed by atoms with Crippen LogP contribution in [0.5, 0.6) is 0 Å². The molecule has 0 bridgehead atoms. The number of anilines is 1. The van der Waals surface area contributed by atoms with Crippen LogP contribution >= 0.6 is 0 Å². The molecular formula is C14H19FN2O3. The van der Waals surface area contributed by atoms with Crippen LogP contribution < -0.4 is 10.6 Å². The first-order valence-corrected chi connectivity index (χ1v) is 6.45. The number of hydrogen-bond acceptors (Lipinski definition) is 2. The van der Waals surface area contributed by atoms with Gasteiger partial charge in [0, 0.05) is 13.0 Å². The molecule has 5 nitrogen and oxygen atoms in total. The number of benzene rings is 1. The lowest BCUT2D eigenvalue weighted by atomic mass is 10.0. The minimum Gasteiger partial charge on any atom is -0.481 e. The molecule has 0 fully saturated rings. The maximum atomic E-state index is 13.4. The number of carboxylic acid groups (broad SMARTS) is 1. The van der Waals surface area contributed by atoms with E-state index >= 15 is 0 Å². The zero-order chi connectivity index (χ0) is 15.1. The third kappa shape index (κ3) is 5.26. The quantitative estimate of drug-likeness (QED) is 0.750. The molecule has 0 aromatic heterocycles. The standard InChI is InChI=1S/C14H19FN2O3/c1-3-10(7-13(18)19)8-16-14(20)17-12-6-9(2)4-5-11(12)15/h4-6,10H,3,7-8H2,1-2H3,(H,18,19)(H2,16,17,20). The Morgan fingerprint density at radius 3 is 2.70 bits per heavy atom. The van der Waals surface area contributed by atoms with Crippen LogP contribution in [0.1, 0.15) is 25.3 Å². The van der Waals surface area contributed by atoms with Crippen molar-refractivity contribution in [2.45, 2.75) is 26.7 Å². The van der Waals surface area contributed by atoms with Gasteiger partial charge in [-0.1, -0.05) is 19.4 Å². The van der Waals surface area contributed by atoms with Crippen LogP contribution in [-0.2, 0) is 4.79 Å². The molecular weight excluding hydrogens is 263 g/mol. The van der Waals surface area contributed by atoms with Gasteiger partial charge in [0.05, 0.1) is 5.69 Å². The number of aliphatic carboxylic acids is 1. The summed E-state index contributed by atoms with van der Waals surface area (Å²) in [7, 11) is 0. The maximum absolute atomic E-state index is 13.4. The summed E-state index contributed by atoms with van der Waals surface area (Å²) < 4.78 is 13.4. The predicted octanol–water partition coefficient (Wildman–Crippen LogP) is 2.76. The van der Waals surface area contributed by atoms with Crippen molar-refractivity contribution in [3.8, 4) is 0 Å². The number of nitrogens with one attached hydrogen (secondary N) is 2. The van der Waals surface area contributed by atoms with Crippen molar-refractivity contribution in [3.63, 3.8) is 0 Å². The predicted molar refractivity (Wildman–Crippen MR) is 74.2 cm³/mol. The molecule has 0 heterocycles. The molecule has 0 aliphatic carbocycles. The van der Waals surface area contributed by atoms with Crippen LogP contribution in [0.25, 0.3) is 0 Å². The Morgan fingerprint density at radius 1 is 1.40 bits per heavy atom. The highest BCUT2D eigenvalue weighted by Gasteiger charge is 2.13. The first kappa shape index (κ1) is 15.9. The molecule has 1 rings (SSSR count). The molecule has 0 spiro atoms. The molecule has 20 heavy (non-hydrogen) atoms. The third-order valence-corrected chi connectivity index (χ3v) is 2.96. The van der Waals surface area contributed by atoms with Gasteiger partial charge >= 0.3 is 12.0 Å². The third-order valence-electron chi connectivity index (χ3n) is 2.96. The van der Waals surface area contributed by atoms with E-state index in [9.17, 15) is 14.0 Å². The fourth-order valence-electron chi connectivity index (χ4n) is 1.75. The Balaban J connectivity index is 2.51. The Morgan fingerprint density at radius 2 is 2.10 bits per heavy atom. The minimum atomic E-state index is -0.899. The Hall–Kier alpha value is -2.11. The average Bonchev–Trinajstić information content (AvgIpc) is 2.38. The molecule has 110 valence electrons. The number of hydrogen-bond donors (Lipinski definition) is 3. The maximum Gasteiger partial charge on any atom is 0.319 e. The number of amides is 2. The van der Waals surface area contributed by atoms with E-state index in [0.29, 0.717) is 6.42 Å². The van der Waals surface area contributed by atoms with Gasteiger partial charge in [-0.05, 0) is 30.5 Å². The van der Waals surface area contributed by atoms with Gasteiger partial charge in [-0.25, -0.2) is 9.18 Å². The van der Waals surface area contributed by atoms with Crippen LogP contribution in [0.3, 0.4) is 0 Å². The van der Waals surface area contributed by atoms with Crippen LogP contribution in [0.2, 0.25) is 0 Å². The average molecular weight is 282 g/mol. The van der Waals surface area contributed by atoms with E-state index in [0.717, 1.165) is 5.56 Å². The summed E-state index contributed by atoms with van der Waals surface area (Å²) in [5, 5.41) is 13.7. The first-order valence-electron chi connectivity index (χ1n) is 6.45. The van der Waals surface area contributed by atoms with Gasteiger partial charge < -0.3 is 15.7 Å². The van der Waals surface area contributed by atoms with Crippen molar-refractivity contribution in [1.29, 1.82) is 0 Å². The van der Waals surface area contributed by atoms with Gasteiger partial charge in [-0.3, -0.25) is 4.79 Å². The minimum absolute atomic E-state index is 0.00438. The van der Waals surface area contributed by atoms with Crippen molar-refractivity contribution in [2.75, 3.05) is 11.9 Å². The van der Waals surface area contributed by atoms with Gasteiger partial charge in [0.1, 0.15) is 5.82 Å². The number of aryl methyl sites for hydroxylation is 1. The van der Waals surface area contributed by atoms with Crippen molar-refractivity contribution >= 4 is 17.7 Å². The van der Waals surface area contributed by atoms with Crippen LogP contribution in [-0.4, -0.2) is 23.7 Å². The molecule has 0 aliphatic rings. The smallest absolute Gasteiger partial charge is 0.319 e. The largest absolute Gasteiger partial charge is 0.481 e. The van der Waals surface area contributed by atoms with E-state index < -0.39 is 17.8 Å². The number of halogens is 1. The second-order valence-electron chi connectivity index (χ2n) is 4.69. The lowest BCUT2D eigenvalue weighted by Gasteiger charge is -2.14. The Kier molecular flexibility index (Phi) is 5.96. The van der Waals surface area contributed by atoms with Gasteiger partial charge in [-0.15, -0.1) is 0 Å². The van der Waals surface area contributed by atoms with E-state index in [-0.39, 0.29) is 24.6 Å². The van der Waals surface area contributed by atoms with Crippen molar-refractivity contribution in [3.05, 3.63) is 29.6 Å². The molecule has 1 atom stereocenters. The summed E-state index contributed by atoms with van der Waals surface area (Å²) in [5.74, 6) is -1.55. The molecule has 0 saturated heterocycles. The normalized spacial score (nSPS) is 11.8. The zero-order valence-electron chi connectivity index (χ0n) is 11.6. The second-order valence-corrected chi connectivity index (χ2v) is 4.69. The van der Waals surface area contributed by atoms with Crippen LogP contribution in [0.15, 0.2) is 18.2 Å². The molecule has 1 aromatic carbocycles. The highest BCUT2D eigenvalue weighted by Crippen LogP contribution is 2.15. The van der Waals surface area contributed by atoms with E-state index in [1.165, 1.54) is 12.1 Å². The number of carbonyl (C=O) groups excluding carboxylic acids is 1. The van der Waals surface area contributed by atoms with E-state index in [1.807, 2.05) is 6.92 Å². The fourth-order valence-corrected chi connectivity index (χ4v) is 1.75. The molecule has 1 unspecified atom stereocenters. The molecule has 0 saturated carbocycles. The molecule has 6 heteroatoms. The van der Waals surface area contributed by atoms with E-state index in [4.69, 9.17) is 5.11 Å². The molecule has 3 N–H and O–H groups in total. The van der Waals surface area contributed by atoms with Gasteiger partial charge in [-0.2, -0.15) is 0 Å².